The van der Waals surface area contributed by atoms with Crippen molar-refractivity contribution in [1.82, 2.24) is 9.97 Å². The molecule has 5 heteroatoms. The summed E-state index contributed by atoms with van der Waals surface area (Å²) in [6, 6.07) is 12.5. The van der Waals surface area contributed by atoms with Crippen molar-refractivity contribution in [2.45, 2.75) is 0 Å². The molecule has 1 N–H and O–H groups in total. The predicted octanol–water partition coefficient (Wildman–Crippen LogP) is 4.68. The van der Waals surface area contributed by atoms with E-state index in [0.29, 0.717) is 16.4 Å². The maximum Gasteiger partial charge on any atom is 0.149 e. The second kappa shape index (κ2) is 5.89. The van der Waals surface area contributed by atoms with Crippen molar-refractivity contribution in [3.05, 3.63) is 71.9 Å². The number of nitrogens with zero attached hydrogens (tertiary/aromatic N) is 2. The number of hydrogen-bond acceptors (Lipinski definition) is 3. The van der Waals surface area contributed by atoms with E-state index in [0.717, 1.165) is 11.3 Å². The first-order valence-corrected chi connectivity index (χ1v) is 6.69. The van der Waals surface area contributed by atoms with E-state index in [2.05, 4.69) is 15.3 Å². The molecule has 0 bridgehead atoms. The Morgan fingerprint density at radius 1 is 1.05 bits per heavy atom. The first-order valence-electron chi connectivity index (χ1n) is 6.31. The van der Waals surface area contributed by atoms with Crippen molar-refractivity contribution in [1.29, 1.82) is 0 Å². The van der Waals surface area contributed by atoms with Gasteiger partial charge in [-0.1, -0.05) is 17.7 Å². The van der Waals surface area contributed by atoms with Crippen molar-refractivity contribution in [3.8, 4) is 11.1 Å². The lowest BCUT2D eigenvalue weighted by Crippen LogP contribution is -1.94. The first kappa shape index (κ1) is 13.5. The van der Waals surface area contributed by atoms with Gasteiger partial charge in [-0.05, 0) is 42.0 Å². The van der Waals surface area contributed by atoms with Crippen LogP contribution in [0.1, 0.15) is 0 Å². The molecule has 3 nitrogen and oxygen atoms in total. The molecular formula is C16H11ClFN3. The molecule has 0 spiro atoms. The molecule has 0 atom stereocenters. The van der Waals surface area contributed by atoms with E-state index in [1.807, 2.05) is 12.1 Å². The molecule has 0 aliphatic carbocycles. The highest BCUT2D eigenvalue weighted by Gasteiger charge is 2.06. The molecule has 0 unspecified atom stereocenters. The summed E-state index contributed by atoms with van der Waals surface area (Å²) >= 11 is 5.94. The molecule has 104 valence electrons. The van der Waals surface area contributed by atoms with Crippen LogP contribution in [0.2, 0.25) is 5.02 Å². The number of anilines is 2. The molecule has 0 fully saturated rings. The Bertz CT molecular complexity index is 777. The van der Waals surface area contributed by atoms with Crippen LogP contribution in [0.5, 0.6) is 0 Å². The van der Waals surface area contributed by atoms with Gasteiger partial charge in [-0.2, -0.15) is 0 Å². The normalized spacial score (nSPS) is 10.4. The third kappa shape index (κ3) is 3.17. The number of aromatic nitrogens is 2. The van der Waals surface area contributed by atoms with Crippen molar-refractivity contribution in [3.63, 3.8) is 0 Å². The quantitative estimate of drug-likeness (QED) is 0.763. The summed E-state index contributed by atoms with van der Waals surface area (Å²) in [7, 11) is 0. The fourth-order valence-corrected chi connectivity index (χ4v) is 2.18. The molecule has 0 amide bonds. The third-order valence-electron chi connectivity index (χ3n) is 2.94. The minimum absolute atomic E-state index is 0.364. The van der Waals surface area contributed by atoms with E-state index in [-0.39, 0.29) is 5.82 Å². The third-order valence-corrected chi connectivity index (χ3v) is 3.18. The summed E-state index contributed by atoms with van der Waals surface area (Å²) in [5.74, 6) is 0.253. The number of hydrogen-bond donors (Lipinski definition) is 1. The Morgan fingerprint density at radius 3 is 2.76 bits per heavy atom. The summed E-state index contributed by atoms with van der Waals surface area (Å²) in [6.45, 7) is 0. The van der Waals surface area contributed by atoms with E-state index in [9.17, 15) is 4.39 Å². The van der Waals surface area contributed by atoms with Gasteiger partial charge in [-0.15, -0.1) is 0 Å². The van der Waals surface area contributed by atoms with E-state index >= 15 is 0 Å². The summed E-state index contributed by atoms with van der Waals surface area (Å²) in [4.78, 5) is 7.98. The summed E-state index contributed by atoms with van der Waals surface area (Å²) in [6.07, 6.45) is 4.38. The minimum atomic E-state index is -0.364. The van der Waals surface area contributed by atoms with Crippen LogP contribution in [0.25, 0.3) is 11.1 Å². The zero-order valence-corrected chi connectivity index (χ0v) is 11.7. The molecule has 0 saturated carbocycles. The van der Waals surface area contributed by atoms with E-state index in [1.165, 1.54) is 6.20 Å². The molecule has 2 heterocycles. The van der Waals surface area contributed by atoms with Crippen LogP contribution in [-0.4, -0.2) is 9.97 Å². The Balaban J connectivity index is 1.92. The standard InChI is InChI=1S/C16H11ClFN3/c17-12-2-1-3-13(9-12)21-16-8-11(4-7-20-16)14-5-6-19-10-15(14)18/h1-10H,(H,20,21). The van der Waals surface area contributed by atoms with Crippen molar-refractivity contribution in [2.75, 3.05) is 5.32 Å². The summed E-state index contributed by atoms with van der Waals surface area (Å²) in [5, 5.41) is 3.78. The molecule has 0 saturated heterocycles. The van der Waals surface area contributed by atoms with Crippen molar-refractivity contribution in [2.24, 2.45) is 0 Å². The second-order valence-corrected chi connectivity index (χ2v) is 4.86. The van der Waals surface area contributed by atoms with E-state index in [4.69, 9.17) is 11.6 Å². The van der Waals surface area contributed by atoms with Gasteiger partial charge in [0.05, 0.1) is 6.20 Å². The zero-order valence-electron chi connectivity index (χ0n) is 10.9. The number of nitrogens with one attached hydrogen (secondary N) is 1. The van der Waals surface area contributed by atoms with Crippen LogP contribution in [0, 0.1) is 5.82 Å². The van der Waals surface area contributed by atoms with Crippen LogP contribution in [0.15, 0.2) is 61.1 Å². The summed E-state index contributed by atoms with van der Waals surface area (Å²) < 4.78 is 13.8. The molecule has 0 aliphatic rings. The molecule has 0 aliphatic heterocycles. The molecular weight excluding hydrogens is 289 g/mol. The van der Waals surface area contributed by atoms with E-state index in [1.54, 1.807) is 42.7 Å². The number of rotatable bonds is 3. The highest BCUT2D eigenvalue weighted by atomic mass is 35.5. The van der Waals surface area contributed by atoms with Gasteiger partial charge in [0.15, 0.2) is 0 Å². The fourth-order valence-electron chi connectivity index (χ4n) is 1.99. The molecule has 3 aromatic rings. The van der Waals surface area contributed by atoms with Crippen LogP contribution in [0.3, 0.4) is 0 Å². The van der Waals surface area contributed by atoms with Crippen LogP contribution in [0.4, 0.5) is 15.9 Å². The van der Waals surface area contributed by atoms with E-state index < -0.39 is 0 Å². The van der Waals surface area contributed by atoms with Gasteiger partial charge in [0, 0.05) is 28.7 Å². The van der Waals surface area contributed by atoms with Gasteiger partial charge >= 0.3 is 0 Å². The maximum atomic E-state index is 13.8. The van der Waals surface area contributed by atoms with Gasteiger partial charge in [-0.25, -0.2) is 9.37 Å². The smallest absolute Gasteiger partial charge is 0.149 e. The predicted molar refractivity (Wildman–Crippen MR) is 82.2 cm³/mol. The topological polar surface area (TPSA) is 37.8 Å². The van der Waals surface area contributed by atoms with Crippen molar-refractivity contribution < 1.29 is 4.39 Å². The number of halogens is 2. The number of pyridine rings is 2. The summed E-state index contributed by atoms with van der Waals surface area (Å²) in [5.41, 5.74) is 2.04. The highest BCUT2D eigenvalue weighted by Crippen LogP contribution is 2.25. The van der Waals surface area contributed by atoms with Crippen LogP contribution >= 0.6 is 11.6 Å². The fraction of sp³-hybridized carbons (Fsp3) is 0. The number of benzene rings is 1. The Kier molecular flexibility index (Phi) is 3.79. The largest absolute Gasteiger partial charge is 0.340 e. The molecule has 1 aromatic carbocycles. The van der Waals surface area contributed by atoms with Crippen LogP contribution < -0.4 is 5.32 Å². The SMILES string of the molecule is Fc1cnccc1-c1ccnc(Nc2cccc(Cl)c2)c1. The average molecular weight is 300 g/mol. The van der Waals surface area contributed by atoms with Gasteiger partial charge in [0.25, 0.3) is 0 Å². The maximum absolute atomic E-state index is 13.8. The van der Waals surface area contributed by atoms with Crippen molar-refractivity contribution >= 4 is 23.1 Å². The van der Waals surface area contributed by atoms with Gasteiger partial charge in [0.1, 0.15) is 11.6 Å². The Hall–Kier alpha value is -2.46. The van der Waals surface area contributed by atoms with Gasteiger partial charge in [0.2, 0.25) is 0 Å². The van der Waals surface area contributed by atoms with Crippen LogP contribution in [-0.2, 0) is 0 Å². The second-order valence-electron chi connectivity index (χ2n) is 4.42. The first-order chi connectivity index (χ1) is 10.2. The monoisotopic (exact) mass is 299 g/mol. The Labute approximate surface area is 126 Å². The highest BCUT2D eigenvalue weighted by molar-refractivity contribution is 6.30. The zero-order chi connectivity index (χ0) is 14.7. The molecule has 2 aromatic heterocycles. The minimum Gasteiger partial charge on any atom is -0.340 e. The van der Waals surface area contributed by atoms with Gasteiger partial charge in [-0.3, -0.25) is 4.98 Å². The average Bonchev–Trinajstić information content (AvgIpc) is 2.48. The molecule has 0 radical (unpaired) electrons. The van der Waals surface area contributed by atoms with Gasteiger partial charge < -0.3 is 5.32 Å². The lowest BCUT2D eigenvalue weighted by atomic mass is 10.1. The lowest BCUT2D eigenvalue weighted by molar-refractivity contribution is 0.625. The molecule has 21 heavy (non-hydrogen) atoms. The Morgan fingerprint density at radius 2 is 1.95 bits per heavy atom. The lowest BCUT2D eigenvalue weighted by Gasteiger charge is -2.08. The molecule has 3 rings (SSSR count).